The Labute approximate surface area is 131 Å². The highest BCUT2D eigenvalue weighted by Gasteiger charge is 2.26. The Morgan fingerprint density at radius 1 is 1.48 bits per heavy atom. The van der Waals surface area contributed by atoms with Gasteiger partial charge in [0.1, 0.15) is 29.6 Å². The highest BCUT2D eigenvalue weighted by molar-refractivity contribution is 6.03. The third-order valence-electron chi connectivity index (χ3n) is 3.59. The smallest absolute Gasteiger partial charge is 0.342 e. The molecule has 8 nitrogen and oxygen atoms in total. The Hall–Kier alpha value is -2.64. The van der Waals surface area contributed by atoms with Crippen LogP contribution in [0, 0.1) is 6.92 Å². The molecule has 1 amide bonds. The molecule has 0 aliphatic heterocycles. The van der Waals surface area contributed by atoms with Crippen LogP contribution >= 0.6 is 0 Å². The van der Waals surface area contributed by atoms with Crippen LogP contribution in [0.4, 0.5) is 0 Å². The molecule has 122 valence electrons. The molecule has 1 fully saturated rings. The van der Waals surface area contributed by atoms with Crippen LogP contribution in [0.2, 0.25) is 0 Å². The molecule has 1 aliphatic carbocycles. The number of hydrogen-bond donors (Lipinski definition) is 1. The maximum atomic E-state index is 12.6. The maximum absolute atomic E-state index is 12.6. The number of esters is 1. The predicted molar refractivity (Wildman–Crippen MR) is 80.1 cm³/mol. The zero-order chi connectivity index (χ0) is 16.6. The quantitative estimate of drug-likeness (QED) is 0.816. The van der Waals surface area contributed by atoms with Crippen LogP contribution in [0.5, 0.6) is 0 Å². The van der Waals surface area contributed by atoms with E-state index in [9.17, 15) is 14.4 Å². The van der Waals surface area contributed by atoms with Crippen molar-refractivity contribution in [1.29, 1.82) is 0 Å². The molecule has 1 saturated carbocycles. The van der Waals surface area contributed by atoms with E-state index >= 15 is 0 Å². The molecule has 1 N–H and O–H groups in total. The third kappa shape index (κ3) is 2.96. The van der Waals surface area contributed by atoms with Crippen molar-refractivity contribution in [2.45, 2.75) is 39.3 Å². The first-order chi connectivity index (χ1) is 11.0. The molecule has 0 atom stereocenters. The molecule has 0 bridgehead atoms. The lowest BCUT2D eigenvalue weighted by molar-refractivity contribution is -0.121. The number of fused-ring (bicyclic) bond motifs is 1. The Morgan fingerprint density at radius 3 is 2.87 bits per heavy atom. The van der Waals surface area contributed by atoms with E-state index < -0.39 is 11.5 Å². The summed E-state index contributed by atoms with van der Waals surface area (Å²) in [4.78, 5) is 40.5. The lowest BCUT2D eigenvalue weighted by Crippen LogP contribution is -2.33. The Kier molecular flexibility index (Phi) is 3.89. The second-order valence-electron chi connectivity index (χ2n) is 5.45. The molecular weight excluding hydrogens is 302 g/mol. The van der Waals surface area contributed by atoms with E-state index in [2.05, 4.69) is 10.3 Å². The van der Waals surface area contributed by atoms with Gasteiger partial charge in [0, 0.05) is 6.04 Å². The fraction of sp³-hybridized carbons (Fsp3) is 0.467. The van der Waals surface area contributed by atoms with Crippen molar-refractivity contribution < 1.29 is 18.7 Å². The van der Waals surface area contributed by atoms with E-state index in [4.69, 9.17) is 9.15 Å². The summed E-state index contributed by atoms with van der Waals surface area (Å²) in [5.41, 5.74) is -0.369. The molecule has 23 heavy (non-hydrogen) atoms. The van der Waals surface area contributed by atoms with Gasteiger partial charge in [0.05, 0.1) is 6.61 Å². The Morgan fingerprint density at radius 2 is 2.22 bits per heavy atom. The van der Waals surface area contributed by atoms with E-state index in [1.54, 1.807) is 13.8 Å². The monoisotopic (exact) mass is 319 g/mol. The summed E-state index contributed by atoms with van der Waals surface area (Å²) in [6.45, 7) is 3.28. The zero-order valence-corrected chi connectivity index (χ0v) is 12.9. The van der Waals surface area contributed by atoms with E-state index in [-0.39, 0.29) is 47.5 Å². The minimum Gasteiger partial charge on any atom is -0.462 e. The van der Waals surface area contributed by atoms with Gasteiger partial charge in [-0.05, 0) is 26.7 Å². The number of aryl methyl sites for hydroxylation is 1. The molecule has 2 aromatic heterocycles. The largest absolute Gasteiger partial charge is 0.462 e. The Balaban J connectivity index is 1.99. The molecular formula is C15H17N3O5. The van der Waals surface area contributed by atoms with Gasteiger partial charge in [-0.3, -0.25) is 14.2 Å². The van der Waals surface area contributed by atoms with Crippen LogP contribution in [0.15, 0.2) is 15.5 Å². The summed E-state index contributed by atoms with van der Waals surface area (Å²) < 4.78 is 11.5. The first-order valence-electron chi connectivity index (χ1n) is 7.46. The van der Waals surface area contributed by atoms with Crippen LogP contribution in [0.1, 0.15) is 35.9 Å². The number of hydrogen-bond acceptors (Lipinski definition) is 6. The first-order valence-corrected chi connectivity index (χ1v) is 7.46. The molecule has 0 aromatic carbocycles. The maximum Gasteiger partial charge on any atom is 0.342 e. The second-order valence-corrected chi connectivity index (χ2v) is 5.45. The molecule has 2 aromatic rings. The number of carbonyl (C=O) groups is 2. The molecule has 1 aliphatic rings. The average molecular weight is 319 g/mol. The standard InChI is InChI=1S/C15H17N3O5/c1-3-22-15(21)11-8(2)23-13-12(11)14(20)18(7-16-13)6-10(19)17-9-4-5-9/h7,9H,3-6H2,1-2H3,(H,17,19). The van der Waals surface area contributed by atoms with Gasteiger partial charge in [0.2, 0.25) is 11.6 Å². The molecule has 0 saturated heterocycles. The lowest BCUT2D eigenvalue weighted by atomic mass is 10.2. The summed E-state index contributed by atoms with van der Waals surface area (Å²) in [7, 11) is 0. The van der Waals surface area contributed by atoms with Crippen LogP contribution in [-0.4, -0.2) is 34.1 Å². The number of carbonyl (C=O) groups excluding carboxylic acids is 2. The zero-order valence-electron chi connectivity index (χ0n) is 12.9. The molecule has 3 rings (SSSR count). The van der Waals surface area contributed by atoms with Crippen LogP contribution in [-0.2, 0) is 16.1 Å². The fourth-order valence-corrected chi connectivity index (χ4v) is 2.35. The van der Waals surface area contributed by atoms with E-state index in [0.717, 1.165) is 17.4 Å². The van der Waals surface area contributed by atoms with E-state index in [1.807, 2.05) is 0 Å². The van der Waals surface area contributed by atoms with Gasteiger partial charge >= 0.3 is 5.97 Å². The highest BCUT2D eigenvalue weighted by Crippen LogP contribution is 2.22. The van der Waals surface area contributed by atoms with Crippen LogP contribution in [0.25, 0.3) is 11.1 Å². The number of rotatable bonds is 5. The summed E-state index contributed by atoms with van der Waals surface area (Å²) in [6.07, 6.45) is 3.17. The van der Waals surface area contributed by atoms with E-state index in [0.29, 0.717) is 0 Å². The van der Waals surface area contributed by atoms with Crippen LogP contribution in [0.3, 0.4) is 0 Å². The van der Waals surface area contributed by atoms with Gasteiger partial charge in [-0.25, -0.2) is 9.78 Å². The number of furan rings is 1. The normalized spacial score (nSPS) is 14.0. The minimum atomic E-state index is -0.636. The molecule has 0 spiro atoms. The van der Waals surface area contributed by atoms with Gasteiger partial charge in [0.15, 0.2) is 0 Å². The fourth-order valence-electron chi connectivity index (χ4n) is 2.35. The van der Waals surface area contributed by atoms with Gasteiger partial charge in [-0.15, -0.1) is 0 Å². The summed E-state index contributed by atoms with van der Waals surface area (Å²) in [5, 5.41) is 2.84. The molecule has 0 unspecified atom stereocenters. The molecule has 2 heterocycles. The number of ether oxygens (including phenoxy) is 1. The van der Waals surface area contributed by atoms with E-state index in [1.165, 1.54) is 6.33 Å². The predicted octanol–water partition coefficient (Wildman–Crippen LogP) is 0.753. The first kappa shape index (κ1) is 15.3. The van der Waals surface area contributed by atoms with Crippen molar-refractivity contribution in [3.63, 3.8) is 0 Å². The average Bonchev–Trinajstić information content (AvgIpc) is 3.22. The Bertz CT molecular complexity index is 831. The van der Waals surface area contributed by atoms with Crippen molar-refractivity contribution in [2.75, 3.05) is 6.61 Å². The number of amides is 1. The lowest BCUT2D eigenvalue weighted by Gasteiger charge is -2.06. The second kappa shape index (κ2) is 5.86. The van der Waals surface area contributed by atoms with Gasteiger partial charge in [0.25, 0.3) is 5.56 Å². The van der Waals surface area contributed by atoms with Crippen molar-refractivity contribution in [2.24, 2.45) is 0 Å². The number of nitrogens with zero attached hydrogens (tertiary/aromatic N) is 2. The van der Waals surface area contributed by atoms with Crippen LogP contribution < -0.4 is 10.9 Å². The van der Waals surface area contributed by atoms with Gasteiger partial charge < -0.3 is 14.5 Å². The topological polar surface area (TPSA) is 103 Å². The molecule has 0 radical (unpaired) electrons. The summed E-state index contributed by atoms with van der Waals surface area (Å²) in [6, 6.07) is 0.209. The van der Waals surface area contributed by atoms with Gasteiger partial charge in [-0.1, -0.05) is 0 Å². The summed E-state index contributed by atoms with van der Waals surface area (Å²) in [5.74, 6) is -0.625. The molecule has 8 heteroatoms. The van der Waals surface area contributed by atoms with Crippen molar-refractivity contribution in [3.05, 3.63) is 28.0 Å². The third-order valence-corrected chi connectivity index (χ3v) is 3.59. The van der Waals surface area contributed by atoms with Crippen molar-refractivity contribution in [3.8, 4) is 0 Å². The van der Waals surface area contributed by atoms with Crippen molar-refractivity contribution >= 4 is 23.0 Å². The SMILES string of the molecule is CCOC(=O)c1c(C)oc2ncn(CC(=O)NC3CC3)c(=O)c12. The van der Waals surface area contributed by atoms with Crippen molar-refractivity contribution in [1.82, 2.24) is 14.9 Å². The highest BCUT2D eigenvalue weighted by atomic mass is 16.5. The number of aromatic nitrogens is 2. The van der Waals surface area contributed by atoms with Gasteiger partial charge in [-0.2, -0.15) is 0 Å². The minimum absolute atomic E-state index is 0.0441. The summed E-state index contributed by atoms with van der Waals surface area (Å²) >= 11 is 0. The number of nitrogens with one attached hydrogen (secondary N) is 1.